The van der Waals surface area contributed by atoms with Gasteiger partial charge >= 0.3 is 0 Å². The smallest absolute Gasteiger partial charge is 0.242 e. The van der Waals surface area contributed by atoms with Crippen LogP contribution in [0, 0.1) is 0 Å². The number of nitrogens with zero attached hydrogens (tertiary/aromatic N) is 6. The molecule has 1 N–H and O–H groups in total. The Morgan fingerprint density at radius 1 is 1.31 bits per heavy atom. The Morgan fingerprint density at radius 2 is 2.07 bits per heavy atom. The van der Waals surface area contributed by atoms with Crippen molar-refractivity contribution in [1.29, 1.82) is 0 Å². The van der Waals surface area contributed by atoms with Crippen LogP contribution in [0.1, 0.15) is 32.4 Å². The molecule has 0 radical (unpaired) electrons. The fraction of sp³-hybridized carbons (Fsp3) is 0.579. The number of furan rings is 1. The highest BCUT2D eigenvalue weighted by Crippen LogP contribution is 2.03. The molecular formula is C19H32IN7O2. The van der Waals surface area contributed by atoms with Crippen LogP contribution in [0.4, 0.5) is 0 Å². The molecule has 2 heterocycles. The van der Waals surface area contributed by atoms with Crippen LogP contribution in [-0.2, 0) is 24.3 Å². The van der Waals surface area contributed by atoms with E-state index in [0.717, 1.165) is 18.0 Å². The van der Waals surface area contributed by atoms with E-state index >= 15 is 0 Å². The number of carbonyl (C=O) groups excluding carboxylic acids is 1. The lowest BCUT2D eigenvalue weighted by atomic mass is 10.4. The summed E-state index contributed by atoms with van der Waals surface area (Å²) in [5, 5.41) is 11.4. The van der Waals surface area contributed by atoms with Gasteiger partial charge < -0.3 is 24.1 Å². The Labute approximate surface area is 189 Å². The molecule has 10 heteroatoms. The molecule has 0 aliphatic rings. The third kappa shape index (κ3) is 7.67. The molecule has 0 saturated heterocycles. The van der Waals surface area contributed by atoms with E-state index in [0.29, 0.717) is 38.7 Å². The highest BCUT2D eigenvalue weighted by atomic mass is 127. The molecule has 162 valence electrons. The molecular weight excluding hydrogens is 485 g/mol. The summed E-state index contributed by atoms with van der Waals surface area (Å²) in [5.74, 6) is 2.45. The summed E-state index contributed by atoms with van der Waals surface area (Å²) in [6.45, 7) is 9.44. The standard InChI is InChI=1S/C19H31N7O2.HI/c1-5-17-23-22-15-26(17)11-10-20-19(21-13-16-9-8-12-28-16)24(4)14-18(27)25(6-2)7-3;/h8-9,12,15H,5-7,10-11,13-14H2,1-4H3,(H,20,21);1H. The average molecular weight is 517 g/mol. The Bertz CT molecular complexity index is 742. The van der Waals surface area contributed by atoms with Crippen LogP contribution in [0.5, 0.6) is 0 Å². The first-order valence-electron chi connectivity index (χ1n) is 9.75. The summed E-state index contributed by atoms with van der Waals surface area (Å²) >= 11 is 0. The molecule has 2 aromatic heterocycles. The number of hydrogen-bond donors (Lipinski definition) is 1. The van der Waals surface area contributed by atoms with Crippen molar-refractivity contribution in [1.82, 2.24) is 29.9 Å². The molecule has 2 aromatic rings. The van der Waals surface area contributed by atoms with Gasteiger partial charge in [0.05, 0.1) is 12.8 Å². The molecule has 29 heavy (non-hydrogen) atoms. The Balaban J connectivity index is 0.00000420. The van der Waals surface area contributed by atoms with Crippen molar-refractivity contribution >= 4 is 35.8 Å². The predicted octanol–water partition coefficient (Wildman–Crippen LogP) is 2.00. The second-order valence-electron chi connectivity index (χ2n) is 6.36. The third-order valence-corrected chi connectivity index (χ3v) is 4.46. The van der Waals surface area contributed by atoms with Gasteiger partial charge in [0.1, 0.15) is 24.5 Å². The van der Waals surface area contributed by atoms with Crippen molar-refractivity contribution in [3.63, 3.8) is 0 Å². The van der Waals surface area contributed by atoms with Gasteiger partial charge in [0.25, 0.3) is 0 Å². The van der Waals surface area contributed by atoms with Crippen molar-refractivity contribution in [3.8, 4) is 0 Å². The van der Waals surface area contributed by atoms with Crippen LogP contribution in [0.3, 0.4) is 0 Å². The minimum Gasteiger partial charge on any atom is -0.467 e. The molecule has 2 rings (SSSR count). The number of halogens is 1. The van der Waals surface area contributed by atoms with Crippen LogP contribution in [0.15, 0.2) is 34.1 Å². The summed E-state index contributed by atoms with van der Waals surface area (Å²) in [5.41, 5.74) is 0. The Kier molecular flexibility index (Phi) is 11.3. The average Bonchev–Trinajstić information content (AvgIpc) is 3.36. The zero-order valence-electron chi connectivity index (χ0n) is 17.7. The SMILES string of the molecule is CCc1nncn1CCNC(=NCc1ccco1)N(C)CC(=O)N(CC)CC.I. The molecule has 0 unspecified atom stereocenters. The van der Waals surface area contributed by atoms with Gasteiger partial charge in [-0.2, -0.15) is 0 Å². The molecule has 9 nitrogen and oxygen atoms in total. The number of aryl methyl sites for hydroxylation is 1. The van der Waals surface area contributed by atoms with E-state index in [9.17, 15) is 4.79 Å². The summed E-state index contributed by atoms with van der Waals surface area (Å²) in [4.78, 5) is 20.7. The van der Waals surface area contributed by atoms with E-state index in [1.807, 2.05) is 47.4 Å². The second kappa shape index (κ2) is 13.2. The minimum atomic E-state index is 0. The van der Waals surface area contributed by atoms with Crippen molar-refractivity contribution < 1.29 is 9.21 Å². The number of nitrogens with one attached hydrogen (secondary N) is 1. The quantitative estimate of drug-likeness (QED) is 0.295. The number of aliphatic imine (C=N–C) groups is 1. The van der Waals surface area contributed by atoms with Gasteiger partial charge in [-0.05, 0) is 26.0 Å². The number of carbonyl (C=O) groups is 1. The molecule has 0 aliphatic carbocycles. The molecule has 0 fully saturated rings. The number of aromatic nitrogens is 3. The van der Waals surface area contributed by atoms with Crippen molar-refractivity contribution in [2.24, 2.45) is 4.99 Å². The fourth-order valence-corrected chi connectivity index (χ4v) is 2.85. The van der Waals surface area contributed by atoms with Crippen LogP contribution in [0.25, 0.3) is 0 Å². The van der Waals surface area contributed by atoms with Crippen LogP contribution < -0.4 is 5.32 Å². The first-order chi connectivity index (χ1) is 13.6. The van der Waals surface area contributed by atoms with Crippen molar-refractivity contribution in [2.45, 2.75) is 40.3 Å². The number of likely N-dealkylation sites (N-methyl/N-ethyl adjacent to an activating group) is 2. The molecule has 0 aromatic carbocycles. The largest absolute Gasteiger partial charge is 0.467 e. The molecule has 0 bridgehead atoms. The van der Waals surface area contributed by atoms with Gasteiger partial charge in [-0.15, -0.1) is 34.2 Å². The Morgan fingerprint density at radius 3 is 2.69 bits per heavy atom. The number of amides is 1. The zero-order valence-corrected chi connectivity index (χ0v) is 20.0. The van der Waals surface area contributed by atoms with E-state index < -0.39 is 0 Å². The normalized spacial score (nSPS) is 11.1. The van der Waals surface area contributed by atoms with Crippen LogP contribution in [-0.4, -0.2) is 69.7 Å². The lowest BCUT2D eigenvalue weighted by Crippen LogP contribution is -2.46. The second-order valence-corrected chi connectivity index (χ2v) is 6.36. The maximum Gasteiger partial charge on any atom is 0.242 e. The third-order valence-electron chi connectivity index (χ3n) is 4.46. The van der Waals surface area contributed by atoms with Gasteiger partial charge in [-0.1, -0.05) is 6.92 Å². The Hall–Kier alpha value is -2.11. The highest BCUT2D eigenvalue weighted by molar-refractivity contribution is 14.0. The topological polar surface area (TPSA) is 91.8 Å². The van der Waals surface area contributed by atoms with Crippen LogP contribution >= 0.6 is 24.0 Å². The van der Waals surface area contributed by atoms with Gasteiger partial charge in [-0.3, -0.25) is 4.79 Å². The summed E-state index contributed by atoms with van der Waals surface area (Å²) in [7, 11) is 1.87. The minimum absolute atomic E-state index is 0. The van der Waals surface area contributed by atoms with E-state index in [1.54, 1.807) is 12.6 Å². The molecule has 0 spiro atoms. The van der Waals surface area contributed by atoms with Gasteiger partial charge in [-0.25, -0.2) is 4.99 Å². The maximum absolute atomic E-state index is 12.5. The molecule has 0 atom stereocenters. The first-order valence-corrected chi connectivity index (χ1v) is 9.75. The summed E-state index contributed by atoms with van der Waals surface area (Å²) in [6, 6.07) is 3.72. The van der Waals surface area contributed by atoms with E-state index in [4.69, 9.17) is 4.42 Å². The fourth-order valence-electron chi connectivity index (χ4n) is 2.85. The van der Waals surface area contributed by atoms with E-state index in [2.05, 4.69) is 27.4 Å². The van der Waals surface area contributed by atoms with Crippen molar-refractivity contribution in [3.05, 3.63) is 36.3 Å². The summed E-state index contributed by atoms with van der Waals surface area (Å²) in [6.07, 6.45) is 4.19. The van der Waals surface area contributed by atoms with Crippen LogP contribution in [0.2, 0.25) is 0 Å². The maximum atomic E-state index is 12.5. The monoisotopic (exact) mass is 517 g/mol. The molecule has 1 amide bonds. The first kappa shape index (κ1) is 24.9. The van der Waals surface area contributed by atoms with Gasteiger partial charge in [0.2, 0.25) is 5.91 Å². The van der Waals surface area contributed by atoms with Gasteiger partial charge in [0.15, 0.2) is 5.96 Å². The van der Waals surface area contributed by atoms with Gasteiger partial charge in [0, 0.05) is 39.6 Å². The highest BCUT2D eigenvalue weighted by Gasteiger charge is 2.15. The van der Waals surface area contributed by atoms with E-state index in [1.165, 1.54) is 0 Å². The molecule has 0 aliphatic heterocycles. The summed E-state index contributed by atoms with van der Waals surface area (Å²) < 4.78 is 7.37. The number of rotatable bonds is 10. The lowest BCUT2D eigenvalue weighted by Gasteiger charge is -2.26. The number of guanidine groups is 1. The van der Waals surface area contributed by atoms with Crippen molar-refractivity contribution in [2.75, 3.05) is 33.2 Å². The predicted molar refractivity (Wildman–Crippen MR) is 123 cm³/mol. The lowest BCUT2D eigenvalue weighted by molar-refractivity contribution is -0.131. The van der Waals surface area contributed by atoms with E-state index in [-0.39, 0.29) is 36.4 Å². The number of hydrogen-bond acceptors (Lipinski definition) is 5. The zero-order chi connectivity index (χ0) is 20.4. The molecule has 0 saturated carbocycles.